The molecule has 1 aliphatic rings. The second kappa shape index (κ2) is 11.6. The molecule has 31 heavy (non-hydrogen) atoms. The highest BCUT2D eigenvalue weighted by Crippen LogP contribution is 2.42. The summed E-state index contributed by atoms with van der Waals surface area (Å²) in [6, 6.07) is 4.87. The maximum Gasteiger partial charge on any atom is 0.331 e. The minimum Gasteiger partial charge on any atom is -0.480 e. The minimum atomic E-state index is -2.16. The summed E-state index contributed by atoms with van der Waals surface area (Å²) in [4.78, 5) is 36.9. The van der Waals surface area contributed by atoms with Gasteiger partial charge < -0.3 is 24.7 Å². The monoisotopic (exact) mass is 473 g/mol. The second-order valence-electron chi connectivity index (χ2n) is 8.09. The molecule has 1 aliphatic heterocycles. The van der Waals surface area contributed by atoms with Crippen LogP contribution in [0.2, 0.25) is 0 Å². The number of hydrogen-bond donors (Lipinski definition) is 4. The van der Waals surface area contributed by atoms with Crippen molar-refractivity contribution in [3.8, 4) is 0 Å². The standard InChI is InChI=1S/C20H32N3O6PS/c1-6-13-15(8-7-9-17(13)31-22-14(12-21-5)19(25)26)23-11-10-16(18(23)24)28-30(27)29-20(2,3)4/h7-9,14,16,21-22,27H,6,10-12H2,1-5H3,(H,25,26)/t14-,16-,30?/m0/s1. The Bertz CT molecular complexity index is 776. The topological polar surface area (TPSA) is 120 Å². The van der Waals surface area contributed by atoms with Crippen LogP contribution in [0, 0.1) is 0 Å². The summed E-state index contributed by atoms with van der Waals surface area (Å²) in [6.07, 6.45) is 0.358. The van der Waals surface area contributed by atoms with Crippen molar-refractivity contribution in [3.05, 3.63) is 23.8 Å². The average Bonchev–Trinajstić information content (AvgIpc) is 3.03. The van der Waals surface area contributed by atoms with E-state index in [0.717, 1.165) is 16.1 Å². The van der Waals surface area contributed by atoms with Gasteiger partial charge in [0.15, 0.2) is 0 Å². The van der Waals surface area contributed by atoms with E-state index in [2.05, 4.69) is 10.0 Å². The minimum absolute atomic E-state index is 0.220. The van der Waals surface area contributed by atoms with E-state index in [1.807, 2.05) is 25.1 Å². The van der Waals surface area contributed by atoms with Gasteiger partial charge in [-0.25, -0.2) is 4.72 Å². The van der Waals surface area contributed by atoms with Crippen molar-refractivity contribution >= 4 is 38.1 Å². The quantitative estimate of drug-likeness (QED) is 0.284. The number of carboxylic acid groups (broad SMARTS) is 1. The molecular formula is C20H32N3O6PS. The number of carbonyl (C=O) groups is 2. The van der Waals surface area contributed by atoms with Gasteiger partial charge in [-0.3, -0.25) is 14.1 Å². The van der Waals surface area contributed by atoms with Gasteiger partial charge in [0.25, 0.3) is 5.91 Å². The number of benzene rings is 1. The number of hydrogen-bond acceptors (Lipinski definition) is 8. The summed E-state index contributed by atoms with van der Waals surface area (Å²) in [5.41, 5.74) is 1.14. The van der Waals surface area contributed by atoms with Crippen LogP contribution in [-0.2, 0) is 25.1 Å². The zero-order valence-electron chi connectivity index (χ0n) is 18.5. The van der Waals surface area contributed by atoms with Crippen molar-refractivity contribution in [2.45, 2.75) is 63.2 Å². The molecule has 9 nitrogen and oxygen atoms in total. The van der Waals surface area contributed by atoms with Crippen molar-refractivity contribution in [3.63, 3.8) is 0 Å². The van der Waals surface area contributed by atoms with E-state index in [-0.39, 0.29) is 12.5 Å². The molecule has 1 fully saturated rings. The fourth-order valence-corrected chi connectivity index (χ4v) is 5.03. The van der Waals surface area contributed by atoms with Crippen LogP contribution in [-0.4, -0.2) is 59.8 Å². The SMILES string of the molecule is CCc1c(SN[C@@H](CNC)C(=O)O)cccc1N1CC[C@H](OP(O)OC(C)(C)C)C1=O. The molecule has 0 spiro atoms. The van der Waals surface area contributed by atoms with Crippen molar-refractivity contribution in [2.24, 2.45) is 0 Å². The number of amides is 1. The van der Waals surface area contributed by atoms with E-state index in [1.165, 1.54) is 11.9 Å². The zero-order chi connectivity index (χ0) is 23.2. The van der Waals surface area contributed by atoms with Crippen LogP contribution in [0.1, 0.15) is 39.7 Å². The van der Waals surface area contributed by atoms with Crippen molar-refractivity contribution < 1.29 is 28.6 Å². The van der Waals surface area contributed by atoms with Crippen LogP contribution in [0.5, 0.6) is 0 Å². The smallest absolute Gasteiger partial charge is 0.331 e. The lowest BCUT2D eigenvalue weighted by molar-refractivity contribution is -0.138. The molecule has 0 aliphatic carbocycles. The molecule has 11 heteroatoms. The van der Waals surface area contributed by atoms with Gasteiger partial charge in [-0.1, -0.05) is 13.0 Å². The number of nitrogens with zero attached hydrogens (tertiary/aromatic N) is 1. The molecule has 1 saturated heterocycles. The molecule has 1 aromatic carbocycles. The van der Waals surface area contributed by atoms with Gasteiger partial charge in [0, 0.05) is 30.1 Å². The molecule has 0 radical (unpaired) electrons. The Morgan fingerprint density at radius 2 is 2.13 bits per heavy atom. The number of carboxylic acids is 1. The summed E-state index contributed by atoms with van der Waals surface area (Å²) in [7, 11) is -0.461. The molecule has 3 atom stereocenters. The summed E-state index contributed by atoms with van der Waals surface area (Å²) >= 11 is 1.24. The first-order valence-corrected chi connectivity index (χ1v) is 12.1. The molecular weight excluding hydrogens is 441 g/mol. The highest BCUT2D eigenvalue weighted by molar-refractivity contribution is 7.97. The highest BCUT2D eigenvalue weighted by atomic mass is 32.2. The zero-order valence-corrected chi connectivity index (χ0v) is 20.3. The van der Waals surface area contributed by atoms with Crippen molar-refractivity contribution in [1.82, 2.24) is 10.0 Å². The molecule has 4 N–H and O–H groups in total. The second-order valence-corrected chi connectivity index (χ2v) is 9.84. The Morgan fingerprint density at radius 3 is 2.71 bits per heavy atom. The molecule has 1 unspecified atom stereocenters. The number of aliphatic carboxylic acids is 1. The van der Waals surface area contributed by atoms with Gasteiger partial charge in [0.05, 0.1) is 5.60 Å². The van der Waals surface area contributed by atoms with E-state index in [4.69, 9.17) is 9.05 Å². The Labute approximate surface area is 189 Å². The molecule has 1 aromatic rings. The van der Waals surface area contributed by atoms with Crippen LogP contribution in [0.4, 0.5) is 5.69 Å². The van der Waals surface area contributed by atoms with Crippen LogP contribution >= 0.6 is 20.6 Å². The Morgan fingerprint density at radius 1 is 1.42 bits per heavy atom. The largest absolute Gasteiger partial charge is 0.480 e. The third-order valence-corrected chi connectivity index (χ3v) is 6.64. The number of carbonyl (C=O) groups excluding carboxylic acids is 1. The van der Waals surface area contributed by atoms with Gasteiger partial charge in [-0.15, -0.1) is 0 Å². The van der Waals surface area contributed by atoms with Crippen LogP contribution in [0.15, 0.2) is 23.1 Å². The fraction of sp³-hybridized carbons (Fsp3) is 0.600. The first kappa shape index (κ1) is 26.0. The van der Waals surface area contributed by atoms with Crippen LogP contribution < -0.4 is 14.9 Å². The lowest BCUT2D eigenvalue weighted by atomic mass is 10.1. The molecule has 0 bridgehead atoms. The average molecular weight is 474 g/mol. The molecule has 1 amide bonds. The van der Waals surface area contributed by atoms with E-state index < -0.39 is 32.3 Å². The number of likely N-dealkylation sites (N-methyl/N-ethyl adjacent to an activating group) is 1. The maximum absolute atomic E-state index is 13.0. The van der Waals surface area contributed by atoms with E-state index in [1.54, 1.807) is 32.7 Å². The molecule has 2 rings (SSSR count). The lowest BCUT2D eigenvalue weighted by Gasteiger charge is -2.24. The third kappa shape index (κ3) is 7.39. The van der Waals surface area contributed by atoms with Crippen LogP contribution in [0.3, 0.4) is 0 Å². The van der Waals surface area contributed by atoms with E-state index in [0.29, 0.717) is 19.4 Å². The van der Waals surface area contributed by atoms with E-state index >= 15 is 0 Å². The van der Waals surface area contributed by atoms with Crippen molar-refractivity contribution in [1.29, 1.82) is 0 Å². The highest BCUT2D eigenvalue weighted by Gasteiger charge is 2.37. The summed E-state index contributed by atoms with van der Waals surface area (Å²) < 4.78 is 13.9. The first-order chi connectivity index (χ1) is 14.6. The van der Waals surface area contributed by atoms with Crippen molar-refractivity contribution in [2.75, 3.05) is 25.0 Å². The number of rotatable bonds is 11. The number of nitrogens with one attached hydrogen (secondary N) is 2. The van der Waals surface area contributed by atoms with Gasteiger partial charge in [-0.2, -0.15) is 0 Å². The first-order valence-electron chi connectivity index (χ1n) is 10.1. The molecule has 1 heterocycles. The Kier molecular flexibility index (Phi) is 9.69. The summed E-state index contributed by atoms with van der Waals surface area (Å²) in [6.45, 7) is 8.16. The fourth-order valence-electron chi connectivity index (χ4n) is 3.13. The summed E-state index contributed by atoms with van der Waals surface area (Å²) in [5, 5.41) is 12.2. The predicted octanol–water partition coefficient (Wildman–Crippen LogP) is 2.67. The number of anilines is 1. The normalized spacial score (nSPS) is 19.0. The molecule has 0 aromatic heterocycles. The van der Waals surface area contributed by atoms with Crippen LogP contribution in [0.25, 0.3) is 0 Å². The summed E-state index contributed by atoms with van der Waals surface area (Å²) in [5.74, 6) is -1.16. The van der Waals surface area contributed by atoms with E-state index in [9.17, 15) is 19.6 Å². The Balaban J connectivity index is 2.13. The maximum atomic E-state index is 13.0. The molecule has 174 valence electrons. The van der Waals surface area contributed by atoms with Gasteiger partial charge in [-0.05, 0) is 63.9 Å². The van der Waals surface area contributed by atoms with Gasteiger partial charge >= 0.3 is 14.6 Å². The van der Waals surface area contributed by atoms with Gasteiger partial charge in [0.2, 0.25) is 0 Å². The Hall–Kier alpha value is -1.26. The molecule has 0 saturated carbocycles. The predicted molar refractivity (Wildman–Crippen MR) is 122 cm³/mol. The third-order valence-electron chi connectivity index (χ3n) is 4.50. The van der Waals surface area contributed by atoms with Gasteiger partial charge in [0.1, 0.15) is 12.1 Å². The lowest BCUT2D eigenvalue weighted by Crippen LogP contribution is -2.40.